The zero-order valence-electron chi connectivity index (χ0n) is 20.0. The summed E-state index contributed by atoms with van der Waals surface area (Å²) in [4.78, 5) is 24.7. The average molecular weight is 607 g/mol. The van der Waals surface area contributed by atoms with Crippen LogP contribution in [-0.2, 0) is 18.2 Å². The molecule has 0 fully saturated rings. The Labute approximate surface area is 228 Å². The zero-order chi connectivity index (χ0) is 27.2. The number of carboxylic acids is 1. The number of hydrogen-bond donors (Lipinski definition) is 3. The third-order valence-electron chi connectivity index (χ3n) is 6.60. The van der Waals surface area contributed by atoms with Gasteiger partial charge in [-0.3, -0.25) is 4.99 Å². The largest absolute Gasteiger partial charge is 0.478 e. The third kappa shape index (κ3) is 5.04. The predicted molar refractivity (Wildman–Crippen MR) is 142 cm³/mol. The molecule has 1 aliphatic carbocycles. The van der Waals surface area contributed by atoms with Crippen LogP contribution >= 0.6 is 27.7 Å². The number of carbonyl (C=O) groups is 1. The van der Waals surface area contributed by atoms with Gasteiger partial charge in [0, 0.05) is 10.7 Å². The molecule has 1 aliphatic heterocycles. The molecular formula is C26H22BrF3N4O3S. The number of thioether (sulfide) groups is 1. The van der Waals surface area contributed by atoms with Crippen molar-refractivity contribution in [3.63, 3.8) is 0 Å². The number of aliphatic hydroxyl groups is 1. The molecule has 1 aromatic carbocycles. The summed E-state index contributed by atoms with van der Waals surface area (Å²) in [6.45, 7) is 2.20. The van der Waals surface area contributed by atoms with E-state index in [9.17, 15) is 28.2 Å². The first-order valence-electron chi connectivity index (χ1n) is 11.7. The number of aliphatic imine (C=N–C) groups is 1. The van der Waals surface area contributed by atoms with Crippen LogP contribution in [0, 0.1) is 6.92 Å². The molecule has 0 radical (unpaired) electrons. The number of aromatic carboxylic acids is 1. The van der Waals surface area contributed by atoms with Gasteiger partial charge in [0.25, 0.3) is 0 Å². The Kier molecular flexibility index (Phi) is 6.99. The number of benzene rings is 1. The van der Waals surface area contributed by atoms with Crippen molar-refractivity contribution in [2.45, 2.75) is 43.2 Å². The molecule has 2 aliphatic rings. The highest BCUT2D eigenvalue weighted by Crippen LogP contribution is 2.48. The van der Waals surface area contributed by atoms with Crippen LogP contribution in [-0.4, -0.2) is 37.7 Å². The summed E-state index contributed by atoms with van der Waals surface area (Å²) in [6, 6.07) is 8.31. The Morgan fingerprint density at radius 1 is 1.21 bits per heavy atom. The van der Waals surface area contributed by atoms with E-state index in [1.165, 1.54) is 17.8 Å². The number of halogens is 4. The van der Waals surface area contributed by atoms with Gasteiger partial charge >= 0.3 is 12.1 Å². The number of anilines is 2. The van der Waals surface area contributed by atoms with Crippen LogP contribution in [0.1, 0.15) is 56.4 Å². The summed E-state index contributed by atoms with van der Waals surface area (Å²) in [7, 11) is 0. The molecule has 38 heavy (non-hydrogen) atoms. The van der Waals surface area contributed by atoms with E-state index in [-0.39, 0.29) is 16.6 Å². The van der Waals surface area contributed by atoms with Gasteiger partial charge in [0.05, 0.1) is 28.6 Å². The second kappa shape index (κ2) is 9.97. The van der Waals surface area contributed by atoms with Crippen molar-refractivity contribution < 1.29 is 28.2 Å². The number of fused-ring (bicyclic) bond motifs is 1. The molecule has 7 nitrogen and oxygen atoms in total. The van der Waals surface area contributed by atoms with Crippen LogP contribution in [0.15, 0.2) is 52.1 Å². The second-order valence-corrected chi connectivity index (χ2v) is 11.2. The maximum atomic E-state index is 13.1. The van der Waals surface area contributed by atoms with Crippen molar-refractivity contribution >= 4 is 50.3 Å². The van der Waals surface area contributed by atoms with Gasteiger partial charge in [-0.2, -0.15) is 13.2 Å². The molecular weight excluding hydrogens is 585 g/mol. The van der Waals surface area contributed by atoms with Gasteiger partial charge in [-0.15, -0.1) is 0 Å². The Morgan fingerprint density at radius 2 is 2.00 bits per heavy atom. The number of hydrogen-bond acceptors (Lipinski definition) is 7. The molecule has 0 spiro atoms. The maximum absolute atomic E-state index is 13.1. The Morgan fingerprint density at radius 3 is 2.74 bits per heavy atom. The fraction of sp³-hybridized carbons (Fsp3) is 0.308. The fourth-order valence-corrected chi connectivity index (χ4v) is 6.63. The number of carboxylic acid groups (broad SMARTS) is 1. The summed E-state index contributed by atoms with van der Waals surface area (Å²) in [5.74, 6) is -0.663. The summed E-state index contributed by atoms with van der Waals surface area (Å²) in [5.41, 5.74) is 0.948. The normalized spacial score (nSPS) is 21.1. The average Bonchev–Trinajstić information content (AvgIpc) is 3.37. The summed E-state index contributed by atoms with van der Waals surface area (Å²) >= 11 is 4.97. The molecule has 0 saturated heterocycles. The number of nitrogens with one attached hydrogen (secondary N) is 1. The summed E-state index contributed by atoms with van der Waals surface area (Å²) in [6.07, 6.45) is -1.59. The molecule has 3 heterocycles. The van der Waals surface area contributed by atoms with E-state index in [4.69, 9.17) is 0 Å². The van der Waals surface area contributed by atoms with Gasteiger partial charge in [0.2, 0.25) is 0 Å². The molecule has 0 amide bonds. The van der Waals surface area contributed by atoms with Gasteiger partial charge in [0.15, 0.2) is 0 Å². The van der Waals surface area contributed by atoms with Gasteiger partial charge in [-0.1, -0.05) is 17.8 Å². The van der Waals surface area contributed by atoms with Crippen LogP contribution in [0.25, 0.3) is 0 Å². The van der Waals surface area contributed by atoms with Crippen molar-refractivity contribution in [1.29, 1.82) is 0 Å². The molecule has 2 unspecified atom stereocenters. The molecule has 3 N–H and O–H groups in total. The van der Waals surface area contributed by atoms with Gasteiger partial charge in [-0.05, 0) is 89.1 Å². The van der Waals surface area contributed by atoms with E-state index < -0.39 is 23.3 Å². The van der Waals surface area contributed by atoms with Crippen molar-refractivity contribution in [2.24, 2.45) is 4.99 Å². The Balaban J connectivity index is 1.40. The highest BCUT2D eigenvalue weighted by Gasteiger charge is 2.43. The first-order chi connectivity index (χ1) is 18.0. The molecule has 12 heteroatoms. The number of alkyl halides is 3. The molecule has 3 aromatic rings. The zero-order valence-corrected chi connectivity index (χ0v) is 22.4. The van der Waals surface area contributed by atoms with Gasteiger partial charge in [0.1, 0.15) is 22.3 Å². The monoisotopic (exact) mass is 606 g/mol. The summed E-state index contributed by atoms with van der Waals surface area (Å²) in [5, 5.41) is 24.2. The molecule has 0 bridgehead atoms. The first-order valence-corrected chi connectivity index (χ1v) is 13.4. The lowest BCUT2D eigenvalue weighted by molar-refractivity contribution is -0.137. The smallest absolute Gasteiger partial charge is 0.416 e. The highest BCUT2D eigenvalue weighted by atomic mass is 79.9. The highest BCUT2D eigenvalue weighted by molar-refractivity contribution is 9.10. The lowest BCUT2D eigenvalue weighted by atomic mass is 9.79. The number of pyridine rings is 2. The molecule has 2 atom stereocenters. The van der Waals surface area contributed by atoms with Gasteiger partial charge in [-0.25, -0.2) is 14.8 Å². The van der Waals surface area contributed by atoms with Crippen molar-refractivity contribution in [3.8, 4) is 0 Å². The van der Waals surface area contributed by atoms with E-state index >= 15 is 0 Å². The van der Waals surface area contributed by atoms with Crippen LogP contribution in [0.4, 0.5) is 24.8 Å². The lowest BCUT2D eigenvalue weighted by Crippen LogP contribution is -2.37. The number of aromatic nitrogens is 2. The van der Waals surface area contributed by atoms with E-state index in [0.717, 1.165) is 33.9 Å². The third-order valence-corrected chi connectivity index (χ3v) is 8.98. The van der Waals surface area contributed by atoms with Crippen LogP contribution in [0.5, 0.6) is 0 Å². The second-order valence-electron chi connectivity index (χ2n) is 9.22. The molecule has 0 saturated carbocycles. The minimum absolute atomic E-state index is 0.0184. The lowest BCUT2D eigenvalue weighted by Gasteiger charge is -2.34. The number of rotatable bonds is 5. The van der Waals surface area contributed by atoms with Crippen molar-refractivity contribution in [2.75, 3.05) is 11.9 Å². The molecule has 5 rings (SSSR count). The minimum atomic E-state index is -4.49. The van der Waals surface area contributed by atoms with Crippen LogP contribution in [0.2, 0.25) is 0 Å². The van der Waals surface area contributed by atoms with E-state index in [1.807, 2.05) is 6.92 Å². The molecule has 2 aromatic heterocycles. The first kappa shape index (κ1) is 26.6. The van der Waals surface area contributed by atoms with Crippen LogP contribution in [0.3, 0.4) is 0 Å². The number of nitrogens with zero attached hydrogens (tertiary/aromatic N) is 3. The Bertz CT molecular complexity index is 1470. The predicted octanol–water partition coefficient (Wildman–Crippen LogP) is 6.42. The van der Waals surface area contributed by atoms with Crippen molar-refractivity contribution in [3.05, 3.63) is 80.6 Å². The summed E-state index contributed by atoms with van der Waals surface area (Å²) < 4.78 is 40.1. The van der Waals surface area contributed by atoms with E-state index in [0.29, 0.717) is 47.9 Å². The van der Waals surface area contributed by atoms with E-state index in [1.54, 1.807) is 18.2 Å². The Hall–Kier alpha value is -2.96. The molecule has 198 valence electrons. The van der Waals surface area contributed by atoms with Crippen LogP contribution < -0.4 is 5.32 Å². The topological polar surface area (TPSA) is 108 Å². The standard InChI is InChI=1S/C26H22BrF3N4O3S/c1-13-9-20(33-19-11-16(6-8-31-19)26(28,29)30)34-22(21(13)27)18-12-32-24(38-18)25(37)7-2-3-14-10-15(23(35)36)4-5-17(14)25/h4-6,8-11,18,37H,2-3,7,12H2,1H3,(H,35,36)(H,31,33,34). The van der Waals surface area contributed by atoms with Crippen molar-refractivity contribution in [1.82, 2.24) is 9.97 Å². The van der Waals surface area contributed by atoms with E-state index in [2.05, 4.69) is 36.2 Å². The number of aryl methyl sites for hydroxylation is 2. The SMILES string of the molecule is Cc1cc(Nc2cc(C(F)(F)F)ccn2)nc(C2CN=C(C3(O)CCCc4cc(C(=O)O)ccc43)S2)c1Br. The fourth-order valence-electron chi connectivity index (χ4n) is 4.74. The minimum Gasteiger partial charge on any atom is -0.478 e. The quantitative estimate of drug-likeness (QED) is 0.307. The van der Waals surface area contributed by atoms with Gasteiger partial charge < -0.3 is 15.5 Å². The maximum Gasteiger partial charge on any atom is 0.416 e.